The molecule has 1 N–H and O–H groups in total. The summed E-state index contributed by atoms with van der Waals surface area (Å²) in [4.78, 5) is 0. The normalized spacial score (nSPS) is 11.9. The lowest BCUT2D eigenvalue weighted by atomic mass is 9.88. The van der Waals surface area contributed by atoms with Crippen LogP contribution in [0.5, 0.6) is 0 Å². The predicted octanol–water partition coefficient (Wildman–Crippen LogP) is 4.56. The van der Waals surface area contributed by atoms with E-state index in [0.29, 0.717) is 11.8 Å². The number of nitrogens with one attached hydrogen (secondary N) is 1. The summed E-state index contributed by atoms with van der Waals surface area (Å²) in [6.07, 6.45) is 5.67. The molecule has 100 valence electrons. The van der Waals surface area contributed by atoms with Crippen LogP contribution in [0, 0.1) is 0 Å². The molecule has 0 atom stereocenters. The zero-order valence-electron chi connectivity index (χ0n) is 12.5. The van der Waals surface area contributed by atoms with Gasteiger partial charge in [0, 0.05) is 0 Å². The van der Waals surface area contributed by atoms with E-state index in [-0.39, 0.29) is 0 Å². The van der Waals surface area contributed by atoms with E-state index in [2.05, 4.69) is 63.4 Å². The third-order valence-corrected chi connectivity index (χ3v) is 3.26. The quantitative estimate of drug-likeness (QED) is 0.725. The highest BCUT2D eigenvalue weighted by Gasteiger charge is 2.10. The van der Waals surface area contributed by atoms with Gasteiger partial charge in [0.1, 0.15) is 0 Å². The molecule has 1 rings (SSSR count). The van der Waals surface area contributed by atoms with Gasteiger partial charge < -0.3 is 5.32 Å². The number of benzene rings is 1. The molecule has 1 aromatic rings. The molecule has 0 aliphatic rings. The van der Waals surface area contributed by atoms with Gasteiger partial charge in [-0.1, -0.05) is 58.0 Å². The third kappa shape index (κ3) is 3.99. The summed E-state index contributed by atoms with van der Waals surface area (Å²) in [5, 5.41) is 3.18. The lowest BCUT2D eigenvalue weighted by Crippen LogP contribution is -2.05. The van der Waals surface area contributed by atoms with Gasteiger partial charge in [0.2, 0.25) is 0 Å². The van der Waals surface area contributed by atoms with Crippen LogP contribution in [0.4, 0.5) is 0 Å². The smallest absolute Gasteiger partial charge is 0.00172 e. The third-order valence-electron chi connectivity index (χ3n) is 3.26. The van der Waals surface area contributed by atoms with Gasteiger partial charge in [0.15, 0.2) is 0 Å². The van der Waals surface area contributed by atoms with Crippen LogP contribution in [0.25, 0.3) is 6.08 Å². The Morgan fingerprint density at radius 2 is 1.61 bits per heavy atom. The van der Waals surface area contributed by atoms with Gasteiger partial charge in [-0.05, 0) is 48.5 Å². The lowest BCUT2D eigenvalue weighted by molar-refractivity contribution is 0.807. The molecule has 0 aromatic heterocycles. The average molecular weight is 245 g/mol. The van der Waals surface area contributed by atoms with Crippen molar-refractivity contribution in [2.45, 2.75) is 46.0 Å². The van der Waals surface area contributed by atoms with Crippen molar-refractivity contribution in [3.05, 3.63) is 41.0 Å². The van der Waals surface area contributed by atoms with E-state index in [1.807, 2.05) is 7.05 Å². The molecular weight excluding hydrogens is 218 g/mol. The Labute approximate surface area is 112 Å². The number of rotatable bonds is 6. The molecule has 0 saturated carbocycles. The fourth-order valence-corrected chi connectivity index (χ4v) is 2.23. The number of hydrogen-bond donors (Lipinski definition) is 1. The molecule has 1 nitrogen and oxygen atoms in total. The van der Waals surface area contributed by atoms with E-state index >= 15 is 0 Å². The van der Waals surface area contributed by atoms with E-state index in [1.54, 1.807) is 0 Å². The van der Waals surface area contributed by atoms with Gasteiger partial charge in [-0.15, -0.1) is 0 Å². The topological polar surface area (TPSA) is 12.0 Å². The van der Waals surface area contributed by atoms with Crippen LogP contribution in [-0.2, 0) is 0 Å². The van der Waals surface area contributed by atoms with Crippen LogP contribution >= 0.6 is 0 Å². The van der Waals surface area contributed by atoms with Crippen LogP contribution in [0.3, 0.4) is 0 Å². The minimum Gasteiger partial charge on any atom is -0.319 e. The van der Waals surface area contributed by atoms with E-state index in [4.69, 9.17) is 0 Å². The second kappa shape index (κ2) is 7.38. The molecule has 0 radical (unpaired) electrons. The molecule has 18 heavy (non-hydrogen) atoms. The Hall–Kier alpha value is -1.08. The van der Waals surface area contributed by atoms with Gasteiger partial charge in [-0.3, -0.25) is 0 Å². The highest BCUT2D eigenvalue weighted by Crippen LogP contribution is 2.28. The first-order valence-corrected chi connectivity index (χ1v) is 7.01. The Bertz CT molecular complexity index is 362. The first-order chi connectivity index (χ1) is 8.57. The van der Waals surface area contributed by atoms with Crippen molar-refractivity contribution in [3.8, 4) is 0 Å². The van der Waals surface area contributed by atoms with E-state index < -0.39 is 0 Å². The van der Waals surface area contributed by atoms with E-state index in [0.717, 1.165) is 13.0 Å². The fourth-order valence-electron chi connectivity index (χ4n) is 2.23. The SMILES string of the molecule is CNCCC=Cc1c(C(C)C)cccc1C(C)C. The second-order valence-corrected chi connectivity index (χ2v) is 5.45. The Morgan fingerprint density at radius 3 is 2.06 bits per heavy atom. The highest BCUT2D eigenvalue weighted by molar-refractivity contribution is 5.59. The standard InChI is InChI=1S/C17H27N/c1-13(2)15-10-8-11-16(14(3)4)17(15)9-6-7-12-18-5/h6,8-11,13-14,18H,7,12H2,1-5H3. The molecule has 0 unspecified atom stereocenters. The minimum atomic E-state index is 0.577. The van der Waals surface area contributed by atoms with Crippen LogP contribution in [-0.4, -0.2) is 13.6 Å². The minimum absolute atomic E-state index is 0.577. The Morgan fingerprint density at radius 1 is 1.06 bits per heavy atom. The van der Waals surface area contributed by atoms with Crippen molar-refractivity contribution in [1.29, 1.82) is 0 Å². The summed E-state index contributed by atoms with van der Waals surface area (Å²) in [5.74, 6) is 1.15. The summed E-state index contributed by atoms with van der Waals surface area (Å²) >= 11 is 0. The molecule has 0 amide bonds. The fraction of sp³-hybridized carbons (Fsp3) is 0.529. The van der Waals surface area contributed by atoms with Gasteiger partial charge >= 0.3 is 0 Å². The predicted molar refractivity (Wildman–Crippen MR) is 82.2 cm³/mol. The molecule has 0 fully saturated rings. The van der Waals surface area contributed by atoms with Gasteiger partial charge in [-0.2, -0.15) is 0 Å². The largest absolute Gasteiger partial charge is 0.319 e. The molecule has 0 saturated heterocycles. The summed E-state index contributed by atoms with van der Waals surface area (Å²) in [7, 11) is 2.00. The Kier molecular flexibility index (Phi) is 6.14. The zero-order chi connectivity index (χ0) is 13.5. The molecule has 0 aliphatic heterocycles. The molecule has 1 aromatic carbocycles. The highest BCUT2D eigenvalue weighted by atomic mass is 14.8. The molecule has 0 heterocycles. The zero-order valence-corrected chi connectivity index (χ0v) is 12.5. The average Bonchev–Trinajstić information content (AvgIpc) is 2.34. The number of hydrogen-bond acceptors (Lipinski definition) is 1. The molecular formula is C17H27N. The van der Waals surface area contributed by atoms with Crippen molar-refractivity contribution in [3.63, 3.8) is 0 Å². The van der Waals surface area contributed by atoms with Gasteiger partial charge in [0.05, 0.1) is 0 Å². The molecule has 0 aliphatic carbocycles. The summed E-state index contributed by atoms with van der Waals surface area (Å²) in [6, 6.07) is 6.71. The monoisotopic (exact) mass is 245 g/mol. The maximum absolute atomic E-state index is 3.18. The van der Waals surface area contributed by atoms with E-state index in [9.17, 15) is 0 Å². The van der Waals surface area contributed by atoms with Crippen molar-refractivity contribution in [2.75, 3.05) is 13.6 Å². The van der Waals surface area contributed by atoms with Gasteiger partial charge in [-0.25, -0.2) is 0 Å². The summed E-state index contributed by atoms with van der Waals surface area (Å²) in [6.45, 7) is 10.1. The van der Waals surface area contributed by atoms with Gasteiger partial charge in [0.25, 0.3) is 0 Å². The molecule has 0 bridgehead atoms. The van der Waals surface area contributed by atoms with Crippen LogP contribution in [0.1, 0.15) is 62.6 Å². The van der Waals surface area contributed by atoms with Crippen molar-refractivity contribution >= 4 is 6.08 Å². The summed E-state index contributed by atoms with van der Waals surface area (Å²) < 4.78 is 0. The Balaban J connectivity index is 3.07. The van der Waals surface area contributed by atoms with Crippen LogP contribution < -0.4 is 5.32 Å². The maximum Gasteiger partial charge on any atom is -0.00172 e. The summed E-state index contributed by atoms with van der Waals surface area (Å²) in [5.41, 5.74) is 4.35. The molecule has 0 spiro atoms. The first-order valence-electron chi connectivity index (χ1n) is 7.01. The van der Waals surface area contributed by atoms with Crippen LogP contribution in [0.2, 0.25) is 0 Å². The van der Waals surface area contributed by atoms with Crippen molar-refractivity contribution < 1.29 is 0 Å². The van der Waals surface area contributed by atoms with E-state index in [1.165, 1.54) is 16.7 Å². The maximum atomic E-state index is 3.18. The first kappa shape index (κ1) is 15.0. The van der Waals surface area contributed by atoms with Crippen LogP contribution in [0.15, 0.2) is 24.3 Å². The second-order valence-electron chi connectivity index (χ2n) is 5.45. The lowest BCUT2D eigenvalue weighted by Gasteiger charge is -2.17. The van der Waals surface area contributed by atoms with Crippen molar-refractivity contribution in [1.82, 2.24) is 5.32 Å². The van der Waals surface area contributed by atoms with Crippen molar-refractivity contribution in [2.24, 2.45) is 0 Å². The molecule has 1 heteroatoms.